The molecule has 0 fully saturated rings. The Kier molecular flexibility index (Phi) is 5.57. The molecule has 102 valence electrons. The Morgan fingerprint density at radius 1 is 1.37 bits per heavy atom. The minimum Gasteiger partial charge on any atom is -0.441 e. The molecule has 1 N–H and O–H groups in total. The van der Waals surface area contributed by atoms with Gasteiger partial charge in [-0.15, -0.1) is 0 Å². The topological polar surface area (TPSA) is 47.3 Å². The first-order valence-electron chi connectivity index (χ1n) is 6.20. The Hall–Kier alpha value is -1.17. The maximum absolute atomic E-state index is 5.73. The molecule has 4 nitrogen and oxygen atoms in total. The Labute approximate surface area is 121 Å². The summed E-state index contributed by atoms with van der Waals surface area (Å²) in [5, 5.41) is 3.26. The fourth-order valence-corrected chi connectivity index (χ4v) is 2.09. The summed E-state index contributed by atoms with van der Waals surface area (Å²) in [6.07, 6.45) is 2.55. The summed E-state index contributed by atoms with van der Waals surface area (Å²) >= 11 is 3.45. The molecule has 0 aliphatic rings. The van der Waals surface area contributed by atoms with Crippen LogP contribution in [-0.2, 0) is 11.2 Å². The van der Waals surface area contributed by atoms with E-state index in [1.54, 1.807) is 13.3 Å². The van der Waals surface area contributed by atoms with E-state index in [-0.39, 0.29) is 0 Å². The summed E-state index contributed by atoms with van der Waals surface area (Å²) in [5.74, 6) is 1.55. The second-order valence-corrected chi connectivity index (χ2v) is 5.04. The number of methoxy groups -OCH3 is 1. The van der Waals surface area contributed by atoms with Crippen molar-refractivity contribution in [2.24, 2.45) is 0 Å². The molecule has 5 heteroatoms. The molecule has 0 bridgehead atoms. The Bertz CT molecular complexity index is 514. The number of oxazole rings is 1. The zero-order valence-corrected chi connectivity index (χ0v) is 12.4. The number of benzene rings is 1. The fourth-order valence-electron chi connectivity index (χ4n) is 1.70. The van der Waals surface area contributed by atoms with Gasteiger partial charge in [-0.25, -0.2) is 4.98 Å². The molecular formula is C14H17BrN2O2. The van der Waals surface area contributed by atoms with Crippen molar-refractivity contribution in [1.82, 2.24) is 10.3 Å². The molecule has 0 saturated carbocycles. The minimum atomic E-state index is 0.717. The van der Waals surface area contributed by atoms with Gasteiger partial charge in [-0.3, -0.25) is 0 Å². The predicted molar refractivity (Wildman–Crippen MR) is 78.1 cm³/mol. The smallest absolute Gasteiger partial charge is 0.196 e. The maximum Gasteiger partial charge on any atom is 0.196 e. The SMILES string of the molecule is COCCNCCc1ncc(-c2cccc(Br)c2)o1. The average Bonchev–Trinajstić information content (AvgIpc) is 2.87. The molecule has 1 aromatic heterocycles. The van der Waals surface area contributed by atoms with Gasteiger partial charge in [-0.1, -0.05) is 28.1 Å². The number of nitrogens with zero attached hydrogens (tertiary/aromatic N) is 1. The quantitative estimate of drug-likeness (QED) is 0.795. The monoisotopic (exact) mass is 324 g/mol. The van der Waals surface area contributed by atoms with Crippen LogP contribution in [0.15, 0.2) is 39.4 Å². The van der Waals surface area contributed by atoms with E-state index in [1.807, 2.05) is 24.3 Å². The second kappa shape index (κ2) is 7.43. The number of halogens is 1. The van der Waals surface area contributed by atoms with Crippen LogP contribution in [0.1, 0.15) is 5.89 Å². The highest BCUT2D eigenvalue weighted by Gasteiger charge is 2.06. The van der Waals surface area contributed by atoms with E-state index in [9.17, 15) is 0 Å². The van der Waals surface area contributed by atoms with E-state index < -0.39 is 0 Å². The number of hydrogen-bond donors (Lipinski definition) is 1. The van der Waals surface area contributed by atoms with Gasteiger partial charge < -0.3 is 14.5 Å². The third-order valence-corrected chi connectivity index (χ3v) is 3.15. The number of rotatable bonds is 7. The predicted octanol–water partition coefficient (Wildman–Crippen LogP) is 2.88. The van der Waals surface area contributed by atoms with Gasteiger partial charge in [-0.05, 0) is 12.1 Å². The van der Waals surface area contributed by atoms with Gasteiger partial charge >= 0.3 is 0 Å². The first kappa shape index (κ1) is 14.2. The molecule has 2 aromatic rings. The van der Waals surface area contributed by atoms with Gasteiger partial charge in [0.15, 0.2) is 11.7 Å². The lowest BCUT2D eigenvalue weighted by Gasteiger charge is -2.01. The highest BCUT2D eigenvalue weighted by atomic mass is 79.9. The van der Waals surface area contributed by atoms with Gasteiger partial charge in [0.2, 0.25) is 0 Å². The number of aromatic nitrogens is 1. The minimum absolute atomic E-state index is 0.717. The van der Waals surface area contributed by atoms with Crippen LogP contribution in [0.4, 0.5) is 0 Å². The first-order valence-corrected chi connectivity index (χ1v) is 6.99. The van der Waals surface area contributed by atoms with Crippen molar-refractivity contribution >= 4 is 15.9 Å². The van der Waals surface area contributed by atoms with Gasteiger partial charge in [0.1, 0.15) is 0 Å². The largest absolute Gasteiger partial charge is 0.441 e. The van der Waals surface area contributed by atoms with E-state index in [1.165, 1.54) is 0 Å². The van der Waals surface area contributed by atoms with Crippen molar-refractivity contribution in [3.63, 3.8) is 0 Å². The van der Waals surface area contributed by atoms with Gasteiger partial charge in [0.05, 0.1) is 12.8 Å². The van der Waals surface area contributed by atoms with Crippen LogP contribution in [0, 0.1) is 0 Å². The van der Waals surface area contributed by atoms with E-state index in [4.69, 9.17) is 9.15 Å². The molecule has 1 aromatic carbocycles. The van der Waals surface area contributed by atoms with Crippen molar-refractivity contribution in [3.05, 3.63) is 40.8 Å². The molecule has 19 heavy (non-hydrogen) atoms. The summed E-state index contributed by atoms with van der Waals surface area (Å²) < 4.78 is 11.7. The lowest BCUT2D eigenvalue weighted by molar-refractivity contribution is 0.199. The van der Waals surface area contributed by atoms with Crippen LogP contribution in [0.5, 0.6) is 0 Å². The van der Waals surface area contributed by atoms with Crippen LogP contribution in [-0.4, -0.2) is 31.8 Å². The third kappa shape index (κ3) is 4.45. The lowest BCUT2D eigenvalue weighted by Crippen LogP contribution is -2.21. The number of ether oxygens (including phenoxy) is 1. The normalized spacial score (nSPS) is 10.8. The van der Waals surface area contributed by atoms with Gasteiger partial charge in [-0.2, -0.15) is 0 Å². The Morgan fingerprint density at radius 2 is 2.26 bits per heavy atom. The van der Waals surface area contributed by atoms with Crippen LogP contribution in [0.3, 0.4) is 0 Å². The zero-order chi connectivity index (χ0) is 13.5. The molecule has 0 spiro atoms. The third-order valence-electron chi connectivity index (χ3n) is 2.66. The number of hydrogen-bond acceptors (Lipinski definition) is 4. The highest BCUT2D eigenvalue weighted by molar-refractivity contribution is 9.10. The van der Waals surface area contributed by atoms with Crippen molar-refractivity contribution in [1.29, 1.82) is 0 Å². The Balaban J connectivity index is 1.88. The van der Waals surface area contributed by atoms with Crippen LogP contribution in [0.25, 0.3) is 11.3 Å². The summed E-state index contributed by atoms with van der Waals surface area (Å²) in [6, 6.07) is 7.99. The fraction of sp³-hybridized carbons (Fsp3) is 0.357. The van der Waals surface area contributed by atoms with Crippen molar-refractivity contribution in [2.75, 3.05) is 26.8 Å². The summed E-state index contributed by atoms with van der Waals surface area (Å²) in [5.41, 5.74) is 1.03. The molecule has 0 aliphatic carbocycles. The molecule has 0 saturated heterocycles. The van der Waals surface area contributed by atoms with Crippen molar-refractivity contribution in [2.45, 2.75) is 6.42 Å². The number of nitrogens with one attached hydrogen (secondary N) is 1. The van der Waals surface area contributed by atoms with Crippen LogP contribution < -0.4 is 5.32 Å². The van der Waals surface area contributed by atoms with E-state index >= 15 is 0 Å². The van der Waals surface area contributed by atoms with Crippen LogP contribution in [0.2, 0.25) is 0 Å². The van der Waals surface area contributed by atoms with Crippen molar-refractivity contribution in [3.8, 4) is 11.3 Å². The van der Waals surface area contributed by atoms with Crippen LogP contribution >= 0.6 is 15.9 Å². The molecule has 0 unspecified atom stereocenters. The highest BCUT2D eigenvalue weighted by Crippen LogP contribution is 2.23. The molecule has 2 rings (SSSR count). The molecule has 0 aliphatic heterocycles. The van der Waals surface area contributed by atoms with Gasteiger partial charge in [0.25, 0.3) is 0 Å². The van der Waals surface area contributed by atoms with Crippen molar-refractivity contribution < 1.29 is 9.15 Å². The summed E-state index contributed by atoms with van der Waals surface area (Å²) in [6.45, 7) is 2.40. The zero-order valence-electron chi connectivity index (χ0n) is 10.9. The molecule has 0 radical (unpaired) electrons. The molecular weight excluding hydrogens is 308 g/mol. The van der Waals surface area contributed by atoms with E-state index in [0.29, 0.717) is 0 Å². The second-order valence-electron chi connectivity index (χ2n) is 4.12. The van der Waals surface area contributed by atoms with Gasteiger partial charge in [0, 0.05) is 36.7 Å². The molecule has 0 amide bonds. The lowest BCUT2D eigenvalue weighted by atomic mass is 10.2. The van der Waals surface area contributed by atoms with E-state index in [2.05, 4.69) is 26.2 Å². The Morgan fingerprint density at radius 3 is 3.05 bits per heavy atom. The van der Waals surface area contributed by atoms with E-state index in [0.717, 1.165) is 47.8 Å². The molecule has 0 atom stereocenters. The standard InChI is InChI=1S/C14H17BrN2O2/c1-18-8-7-16-6-5-14-17-10-13(19-14)11-3-2-4-12(15)9-11/h2-4,9-10,16H,5-8H2,1H3. The summed E-state index contributed by atoms with van der Waals surface area (Å²) in [7, 11) is 1.69. The first-order chi connectivity index (χ1) is 9.29. The molecule has 1 heterocycles. The average molecular weight is 325 g/mol. The maximum atomic E-state index is 5.73. The summed E-state index contributed by atoms with van der Waals surface area (Å²) in [4.78, 5) is 4.29.